The van der Waals surface area contributed by atoms with Crippen LogP contribution in [0.15, 0.2) is 0 Å². The van der Waals surface area contributed by atoms with Crippen molar-refractivity contribution in [3.63, 3.8) is 0 Å². The highest BCUT2D eigenvalue weighted by atomic mass is 15.2. The zero-order valence-corrected chi connectivity index (χ0v) is 7.71. The van der Waals surface area contributed by atoms with Gasteiger partial charge in [0.25, 0.3) is 0 Å². The maximum absolute atomic E-state index is 2.64. The molecule has 2 bridgehead atoms. The summed E-state index contributed by atoms with van der Waals surface area (Å²) in [6, 6.07) is 0. The van der Waals surface area contributed by atoms with Gasteiger partial charge in [0.2, 0.25) is 0 Å². The molecule has 1 nitrogen and oxygen atoms in total. The minimum Gasteiger partial charge on any atom is -0.303 e. The topological polar surface area (TPSA) is 3.24 Å². The van der Waals surface area contributed by atoms with Crippen molar-refractivity contribution in [2.24, 2.45) is 17.8 Å². The molecule has 3 atom stereocenters. The van der Waals surface area contributed by atoms with E-state index in [9.17, 15) is 0 Å². The maximum Gasteiger partial charge on any atom is 0.00134 e. The number of piperidine rings is 1. The zero-order chi connectivity index (χ0) is 7.84. The molecule has 0 saturated carbocycles. The average molecular weight is 153 g/mol. The summed E-state index contributed by atoms with van der Waals surface area (Å²) in [5.41, 5.74) is 0. The van der Waals surface area contributed by atoms with Gasteiger partial charge in [0, 0.05) is 13.1 Å². The van der Waals surface area contributed by atoms with Crippen LogP contribution in [0.25, 0.3) is 0 Å². The third-order valence-corrected chi connectivity index (χ3v) is 3.24. The summed E-state index contributed by atoms with van der Waals surface area (Å²) in [5, 5.41) is 0. The van der Waals surface area contributed by atoms with Gasteiger partial charge in [-0.3, -0.25) is 0 Å². The molecule has 0 aromatic rings. The minimum atomic E-state index is 0.903. The lowest BCUT2D eigenvalue weighted by Gasteiger charge is -2.23. The first kappa shape index (κ1) is 7.60. The molecule has 2 rings (SSSR count). The van der Waals surface area contributed by atoms with Gasteiger partial charge in [0.1, 0.15) is 0 Å². The van der Waals surface area contributed by atoms with E-state index in [1.807, 2.05) is 0 Å². The molecule has 2 fully saturated rings. The summed E-state index contributed by atoms with van der Waals surface area (Å²) < 4.78 is 0. The molecule has 0 N–H and O–H groups in total. The van der Waals surface area contributed by atoms with E-state index in [1.54, 1.807) is 0 Å². The van der Waals surface area contributed by atoms with Crippen LogP contribution in [-0.4, -0.2) is 24.5 Å². The standard InChI is InChI=1S/C10H19N/c1-8(2)5-10-7-11-4-3-9(10)6-11/h8-10H,3-7H2,1-2H3/t9-,10?/m1/s1. The van der Waals surface area contributed by atoms with E-state index in [-0.39, 0.29) is 0 Å². The smallest absolute Gasteiger partial charge is 0.00134 e. The fourth-order valence-corrected chi connectivity index (χ4v) is 2.77. The Labute approximate surface area is 69.8 Å². The Morgan fingerprint density at radius 2 is 2.18 bits per heavy atom. The number of rotatable bonds is 2. The van der Waals surface area contributed by atoms with Crippen molar-refractivity contribution in [2.75, 3.05) is 19.6 Å². The molecule has 0 radical (unpaired) electrons. The summed E-state index contributed by atoms with van der Waals surface area (Å²) in [7, 11) is 0. The summed E-state index contributed by atoms with van der Waals surface area (Å²) >= 11 is 0. The van der Waals surface area contributed by atoms with Crippen molar-refractivity contribution >= 4 is 0 Å². The Balaban J connectivity index is 1.87. The van der Waals surface area contributed by atoms with Crippen LogP contribution in [0.3, 0.4) is 0 Å². The molecule has 2 heterocycles. The van der Waals surface area contributed by atoms with E-state index in [4.69, 9.17) is 0 Å². The van der Waals surface area contributed by atoms with Crippen molar-refractivity contribution in [1.29, 1.82) is 0 Å². The van der Waals surface area contributed by atoms with Crippen molar-refractivity contribution in [1.82, 2.24) is 4.90 Å². The Hall–Kier alpha value is -0.0400. The first-order valence-corrected chi connectivity index (χ1v) is 4.98. The maximum atomic E-state index is 2.64. The van der Waals surface area contributed by atoms with Gasteiger partial charge in [0.15, 0.2) is 0 Å². The van der Waals surface area contributed by atoms with Crippen molar-refractivity contribution in [3.05, 3.63) is 0 Å². The van der Waals surface area contributed by atoms with Gasteiger partial charge in [0.05, 0.1) is 0 Å². The Bertz CT molecular complexity index is 142. The molecule has 0 aromatic heterocycles. The number of hydrogen-bond donors (Lipinski definition) is 0. The molecule has 2 unspecified atom stereocenters. The molecule has 2 aliphatic rings. The Morgan fingerprint density at radius 1 is 1.36 bits per heavy atom. The predicted octanol–water partition coefficient (Wildman–Crippen LogP) is 1.98. The zero-order valence-electron chi connectivity index (χ0n) is 7.71. The Kier molecular flexibility index (Phi) is 1.92. The Morgan fingerprint density at radius 3 is 2.64 bits per heavy atom. The van der Waals surface area contributed by atoms with E-state index >= 15 is 0 Å². The fourth-order valence-electron chi connectivity index (χ4n) is 2.77. The van der Waals surface area contributed by atoms with Gasteiger partial charge in [-0.05, 0) is 37.1 Å². The summed E-state index contributed by atoms with van der Waals surface area (Å²) in [4.78, 5) is 2.64. The van der Waals surface area contributed by atoms with Crippen LogP contribution in [0, 0.1) is 17.8 Å². The van der Waals surface area contributed by atoms with Gasteiger partial charge in [-0.1, -0.05) is 13.8 Å². The van der Waals surface area contributed by atoms with E-state index in [1.165, 1.54) is 32.5 Å². The summed E-state index contributed by atoms with van der Waals surface area (Å²) in [5.74, 6) is 3.02. The van der Waals surface area contributed by atoms with E-state index in [0.717, 1.165) is 17.8 Å². The molecule has 0 amide bonds. The van der Waals surface area contributed by atoms with E-state index in [2.05, 4.69) is 18.7 Å². The molecule has 1 heteroatoms. The second-order valence-corrected chi connectivity index (χ2v) is 4.70. The molecule has 0 aromatic carbocycles. The van der Waals surface area contributed by atoms with E-state index in [0.29, 0.717) is 0 Å². The molecule has 2 saturated heterocycles. The normalized spacial score (nSPS) is 42.3. The SMILES string of the molecule is CC(C)CC1CN2CC[C@@H]1C2. The van der Waals surface area contributed by atoms with Crippen molar-refractivity contribution < 1.29 is 0 Å². The van der Waals surface area contributed by atoms with Gasteiger partial charge in [-0.25, -0.2) is 0 Å². The second kappa shape index (κ2) is 2.78. The van der Waals surface area contributed by atoms with Crippen molar-refractivity contribution in [2.45, 2.75) is 26.7 Å². The third kappa shape index (κ3) is 1.44. The van der Waals surface area contributed by atoms with Crippen LogP contribution in [0.2, 0.25) is 0 Å². The first-order chi connectivity index (χ1) is 5.25. The highest BCUT2D eigenvalue weighted by Gasteiger charge is 2.37. The van der Waals surface area contributed by atoms with Gasteiger partial charge in [-0.15, -0.1) is 0 Å². The lowest BCUT2D eigenvalue weighted by Crippen LogP contribution is -2.24. The second-order valence-electron chi connectivity index (χ2n) is 4.70. The molecular formula is C10H19N. The predicted molar refractivity (Wildman–Crippen MR) is 47.5 cm³/mol. The van der Waals surface area contributed by atoms with Gasteiger partial charge >= 0.3 is 0 Å². The van der Waals surface area contributed by atoms with E-state index < -0.39 is 0 Å². The molecule has 11 heavy (non-hydrogen) atoms. The van der Waals surface area contributed by atoms with Crippen LogP contribution in [-0.2, 0) is 0 Å². The number of nitrogens with zero attached hydrogens (tertiary/aromatic N) is 1. The lowest BCUT2D eigenvalue weighted by molar-refractivity contribution is 0.268. The van der Waals surface area contributed by atoms with Crippen LogP contribution < -0.4 is 0 Å². The quantitative estimate of drug-likeness (QED) is 0.586. The number of fused-ring (bicyclic) bond motifs is 2. The number of hydrogen-bond acceptors (Lipinski definition) is 1. The minimum absolute atomic E-state index is 0.903. The van der Waals surface area contributed by atoms with Crippen LogP contribution in [0.5, 0.6) is 0 Å². The van der Waals surface area contributed by atoms with Crippen LogP contribution in [0.4, 0.5) is 0 Å². The molecular weight excluding hydrogens is 134 g/mol. The molecule has 2 aliphatic heterocycles. The van der Waals surface area contributed by atoms with Crippen LogP contribution in [0.1, 0.15) is 26.7 Å². The van der Waals surface area contributed by atoms with Gasteiger partial charge < -0.3 is 4.90 Å². The lowest BCUT2D eigenvalue weighted by atomic mass is 9.86. The highest BCUT2D eigenvalue weighted by Crippen LogP contribution is 2.36. The fraction of sp³-hybridized carbons (Fsp3) is 1.00. The summed E-state index contributed by atoms with van der Waals surface area (Å²) in [6.07, 6.45) is 2.94. The largest absolute Gasteiger partial charge is 0.303 e. The summed E-state index contributed by atoms with van der Waals surface area (Å²) in [6.45, 7) is 8.90. The first-order valence-electron chi connectivity index (χ1n) is 4.98. The third-order valence-electron chi connectivity index (χ3n) is 3.24. The highest BCUT2D eigenvalue weighted by molar-refractivity contribution is 4.90. The average Bonchev–Trinajstić information content (AvgIpc) is 2.45. The molecule has 0 spiro atoms. The van der Waals surface area contributed by atoms with Crippen LogP contribution >= 0.6 is 0 Å². The molecule has 0 aliphatic carbocycles. The van der Waals surface area contributed by atoms with Gasteiger partial charge in [-0.2, -0.15) is 0 Å². The molecule has 64 valence electrons. The monoisotopic (exact) mass is 153 g/mol. The van der Waals surface area contributed by atoms with Crippen molar-refractivity contribution in [3.8, 4) is 0 Å².